The highest BCUT2D eigenvalue weighted by molar-refractivity contribution is 5.98. The minimum Gasteiger partial charge on any atom is -0.496 e. The number of carboxylic acids is 1. The summed E-state index contributed by atoms with van der Waals surface area (Å²) in [4.78, 5) is 47.9. The number of nitrogens with one attached hydrogen (secondary N) is 1. The first kappa shape index (κ1) is 43.2. The van der Waals surface area contributed by atoms with E-state index in [4.69, 9.17) is 14.6 Å². The van der Waals surface area contributed by atoms with Crippen molar-refractivity contribution in [2.75, 3.05) is 61.5 Å². The van der Waals surface area contributed by atoms with Crippen LogP contribution in [0.4, 0.5) is 0 Å². The zero-order valence-electron chi connectivity index (χ0n) is 36.4. The van der Waals surface area contributed by atoms with Gasteiger partial charge in [0.25, 0.3) is 11.8 Å². The van der Waals surface area contributed by atoms with E-state index >= 15 is 0 Å². The second-order valence-electron chi connectivity index (χ2n) is 18.6. The van der Waals surface area contributed by atoms with Crippen LogP contribution in [0.5, 0.6) is 11.5 Å². The van der Waals surface area contributed by atoms with Crippen molar-refractivity contribution in [2.45, 2.75) is 96.6 Å². The smallest absolute Gasteiger partial charge is 0.330 e. The van der Waals surface area contributed by atoms with E-state index in [9.17, 15) is 19.5 Å². The first-order valence-corrected chi connectivity index (χ1v) is 21.1. The molecule has 0 aliphatic heterocycles. The third kappa shape index (κ3) is 8.64. The second kappa shape index (κ2) is 17.4. The fraction of sp³-hybridized carbons (Fsp3) is 0.609. The van der Waals surface area contributed by atoms with Crippen molar-refractivity contribution in [3.05, 3.63) is 59.3 Å². The molecular weight excluding hydrogens is 733 g/mol. The molecule has 316 valence electrons. The summed E-state index contributed by atoms with van der Waals surface area (Å²) in [5.74, 6) is 0.333. The summed E-state index contributed by atoms with van der Waals surface area (Å²) in [7, 11) is 9.31. The Hall–Kier alpha value is -4.42. The lowest BCUT2D eigenvalue weighted by Crippen LogP contribution is -2.70. The van der Waals surface area contributed by atoms with E-state index in [-0.39, 0.29) is 34.9 Å². The molecule has 4 aliphatic rings. The number of nitrogens with zero attached hydrogens (tertiary/aromatic N) is 5. The molecule has 2 N–H and O–H groups in total. The van der Waals surface area contributed by atoms with Gasteiger partial charge in [-0.15, -0.1) is 0 Å². The average Bonchev–Trinajstić information content (AvgIpc) is 3.62. The maximum atomic E-state index is 14.4. The average molecular weight is 799 g/mol. The standard InChI is InChI=1S/C46H66N6O6/c1-29(2)35-27-32(43(54)50(7)20-12-18-49(6)19-13-21-51(8)45(3,4)5)16-17-37(35)52-38(41-39(57-9)14-11-15-40(41)58-10)28-36(48-52)42(53)47-46(44(55)56)33-23-30-22-31(25-33)26-34(46)24-30/h11,14-17,27-31,33-34H,12-13,18-26H2,1-10H3,(H,47,53)(H,55,56). The van der Waals surface area contributed by atoms with Crippen LogP contribution < -0.4 is 14.8 Å². The molecule has 0 spiro atoms. The van der Waals surface area contributed by atoms with Crippen LogP contribution in [0.15, 0.2) is 42.5 Å². The lowest BCUT2D eigenvalue weighted by Gasteiger charge is -2.59. The van der Waals surface area contributed by atoms with Crippen molar-refractivity contribution in [1.82, 2.24) is 29.8 Å². The van der Waals surface area contributed by atoms with Gasteiger partial charge in [0.05, 0.1) is 31.2 Å². The van der Waals surface area contributed by atoms with Crippen LogP contribution in [0.2, 0.25) is 0 Å². The number of carboxylic acid groups (broad SMARTS) is 1. The number of amides is 2. The van der Waals surface area contributed by atoms with Crippen molar-refractivity contribution < 1.29 is 29.0 Å². The van der Waals surface area contributed by atoms with E-state index in [0.717, 1.165) is 70.1 Å². The van der Waals surface area contributed by atoms with Gasteiger partial charge in [0.2, 0.25) is 0 Å². The van der Waals surface area contributed by atoms with Crippen LogP contribution in [-0.4, -0.2) is 120 Å². The number of ether oxygens (including phenoxy) is 2. The molecule has 1 heterocycles. The van der Waals surface area contributed by atoms with E-state index in [1.807, 2.05) is 43.4 Å². The zero-order valence-corrected chi connectivity index (χ0v) is 36.4. The summed E-state index contributed by atoms with van der Waals surface area (Å²) in [6.07, 6.45) is 6.40. The molecular formula is C46H66N6O6. The van der Waals surface area contributed by atoms with Crippen molar-refractivity contribution in [3.63, 3.8) is 0 Å². The van der Waals surface area contributed by atoms with Crippen molar-refractivity contribution in [3.8, 4) is 28.4 Å². The molecule has 1 aromatic heterocycles. The summed E-state index contributed by atoms with van der Waals surface area (Å²) in [5, 5.41) is 18.8. The Labute approximate surface area is 345 Å². The summed E-state index contributed by atoms with van der Waals surface area (Å²) in [6, 6.07) is 12.8. The molecule has 0 radical (unpaired) electrons. The molecule has 0 saturated heterocycles. The normalized spacial score (nSPS) is 22.5. The van der Waals surface area contributed by atoms with Crippen LogP contribution >= 0.6 is 0 Å². The molecule has 0 atom stereocenters. The van der Waals surface area contributed by atoms with Gasteiger partial charge in [-0.3, -0.25) is 9.59 Å². The predicted molar refractivity (Wildman–Crippen MR) is 227 cm³/mol. The number of aromatic nitrogens is 2. The molecule has 3 aromatic rings. The minimum absolute atomic E-state index is 0.0174. The lowest BCUT2D eigenvalue weighted by atomic mass is 9.48. The molecule has 12 heteroatoms. The maximum Gasteiger partial charge on any atom is 0.330 e. The number of hydrogen-bond acceptors (Lipinski definition) is 8. The Bertz CT molecular complexity index is 1920. The Morgan fingerprint density at radius 3 is 2.00 bits per heavy atom. The summed E-state index contributed by atoms with van der Waals surface area (Å²) in [5.41, 5.74) is 2.19. The molecule has 4 saturated carbocycles. The molecule has 4 aliphatic carbocycles. The number of benzene rings is 2. The van der Waals surface area contributed by atoms with Gasteiger partial charge in [-0.2, -0.15) is 5.10 Å². The van der Waals surface area contributed by atoms with Crippen LogP contribution in [0.1, 0.15) is 112 Å². The Balaban J connectivity index is 1.27. The predicted octanol–water partition coefficient (Wildman–Crippen LogP) is 7.20. The first-order chi connectivity index (χ1) is 27.5. The molecule has 2 amide bonds. The topological polar surface area (TPSA) is 129 Å². The van der Waals surface area contributed by atoms with Gasteiger partial charge in [0, 0.05) is 24.7 Å². The van der Waals surface area contributed by atoms with Crippen molar-refractivity contribution >= 4 is 17.8 Å². The molecule has 0 unspecified atom stereocenters. The van der Waals surface area contributed by atoms with Crippen LogP contribution in [0.25, 0.3) is 16.9 Å². The number of aliphatic carboxylic acids is 1. The van der Waals surface area contributed by atoms with Gasteiger partial charge in [0.15, 0.2) is 5.69 Å². The third-order valence-electron chi connectivity index (χ3n) is 13.4. The molecule has 12 nitrogen and oxygen atoms in total. The van der Waals surface area contributed by atoms with Gasteiger partial charge in [-0.1, -0.05) is 19.9 Å². The van der Waals surface area contributed by atoms with E-state index in [2.05, 4.69) is 63.8 Å². The van der Waals surface area contributed by atoms with Gasteiger partial charge < -0.3 is 34.6 Å². The van der Waals surface area contributed by atoms with Crippen molar-refractivity contribution in [1.29, 1.82) is 0 Å². The molecule has 4 fully saturated rings. The summed E-state index contributed by atoms with van der Waals surface area (Å²) >= 11 is 0. The maximum absolute atomic E-state index is 14.4. The quantitative estimate of drug-likeness (QED) is 0.146. The van der Waals surface area contributed by atoms with Crippen LogP contribution in [0.3, 0.4) is 0 Å². The Kier molecular flexibility index (Phi) is 13.0. The van der Waals surface area contributed by atoms with E-state index in [1.54, 1.807) is 29.9 Å². The van der Waals surface area contributed by atoms with Gasteiger partial charge in [0.1, 0.15) is 17.0 Å². The third-order valence-corrected chi connectivity index (χ3v) is 13.4. The SMILES string of the molecule is COc1cccc(OC)c1-c1cc(C(=O)NC2(C(=O)O)C3CC4CC(C3)CC2C4)nn1-c1ccc(C(=O)N(C)CCCN(C)CCCN(C)C(C)(C)C)cc1C(C)C. The fourth-order valence-corrected chi connectivity index (χ4v) is 10.0. The number of carbonyl (C=O) groups excluding carboxylic acids is 2. The molecule has 2 aromatic carbocycles. The minimum atomic E-state index is -1.33. The Morgan fingerprint density at radius 1 is 0.879 bits per heavy atom. The number of carbonyl (C=O) groups is 3. The zero-order chi connectivity index (χ0) is 42.1. The highest BCUT2D eigenvalue weighted by Crippen LogP contribution is 2.58. The second-order valence-corrected chi connectivity index (χ2v) is 18.6. The summed E-state index contributed by atoms with van der Waals surface area (Å²) in [6.45, 7) is 14.4. The molecule has 7 rings (SSSR count). The number of rotatable bonds is 17. The Morgan fingerprint density at radius 2 is 1.47 bits per heavy atom. The molecule has 58 heavy (non-hydrogen) atoms. The van der Waals surface area contributed by atoms with Gasteiger partial charge >= 0.3 is 5.97 Å². The fourth-order valence-electron chi connectivity index (χ4n) is 10.0. The van der Waals surface area contributed by atoms with E-state index in [0.29, 0.717) is 52.4 Å². The largest absolute Gasteiger partial charge is 0.496 e. The highest BCUT2D eigenvalue weighted by atomic mass is 16.5. The number of methoxy groups -OCH3 is 2. The van der Waals surface area contributed by atoms with Gasteiger partial charge in [-0.05, 0) is 171 Å². The van der Waals surface area contributed by atoms with Gasteiger partial charge in [-0.25, -0.2) is 9.48 Å². The van der Waals surface area contributed by atoms with E-state index < -0.39 is 17.4 Å². The highest BCUT2D eigenvalue weighted by Gasteiger charge is 2.62. The summed E-state index contributed by atoms with van der Waals surface area (Å²) < 4.78 is 13.4. The monoisotopic (exact) mass is 799 g/mol. The van der Waals surface area contributed by atoms with Crippen LogP contribution in [0, 0.1) is 23.7 Å². The van der Waals surface area contributed by atoms with E-state index in [1.165, 1.54) is 0 Å². The number of hydrogen-bond donors (Lipinski definition) is 2. The van der Waals surface area contributed by atoms with Crippen LogP contribution in [-0.2, 0) is 4.79 Å². The first-order valence-electron chi connectivity index (χ1n) is 21.1. The molecule has 4 bridgehead atoms. The van der Waals surface area contributed by atoms with Crippen molar-refractivity contribution in [2.24, 2.45) is 23.7 Å². The lowest BCUT2D eigenvalue weighted by molar-refractivity contribution is -0.163.